The standard InChI is InChI=1S/C25H23N5O5/c26-23-20-24(30(14-27-20)25-22(33)21(32)18(13-31)35-25)29-19(28-23)7-4-12-34-17-10-8-16(9-11-17)15-5-2-1-3-6-15/h1-3,5-6,8-11,14,18,21-22,25,31-33H,12-13H2,(H2,26,28,29)/t18-,21-,22-,25-/m1/s1. The van der Waals surface area contributed by atoms with Gasteiger partial charge >= 0.3 is 0 Å². The van der Waals surface area contributed by atoms with Crippen molar-refractivity contribution in [3.8, 4) is 28.7 Å². The van der Waals surface area contributed by atoms with Crippen LogP contribution >= 0.6 is 0 Å². The molecule has 0 aliphatic carbocycles. The number of hydrogen-bond donors (Lipinski definition) is 4. The number of hydrogen-bond acceptors (Lipinski definition) is 9. The first-order valence-electron chi connectivity index (χ1n) is 10.9. The van der Waals surface area contributed by atoms with Crippen molar-refractivity contribution >= 4 is 17.0 Å². The molecule has 0 spiro atoms. The Kier molecular flexibility index (Phi) is 6.31. The van der Waals surface area contributed by atoms with Gasteiger partial charge in [0.25, 0.3) is 0 Å². The quantitative estimate of drug-likeness (QED) is 0.313. The van der Waals surface area contributed by atoms with E-state index in [0.717, 1.165) is 11.1 Å². The molecule has 2 aromatic carbocycles. The molecule has 10 heteroatoms. The van der Waals surface area contributed by atoms with E-state index in [2.05, 4.69) is 26.8 Å². The first-order chi connectivity index (χ1) is 17.0. The molecular weight excluding hydrogens is 450 g/mol. The number of nitrogens with zero attached hydrogens (tertiary/aromatic N) is 4. The number of benzene rings is 2. The van der Waals surface area contributed by atoms with E-state index < -0.39 is 31.1 Å². The van der Waals surface area contributed by atoms with Crippen LogP contribution in [-0.2, 0) is 4.74 Å². The van der Waals surface area contributed by atoms with Gasteiger partial charge in [0, 0.05) is 0 Å². The second kappa shape index (κ2) is 9.69. The lowest BCUT2D eigenvalue weighted by molar-refractivity contribution is -0.0511. The van der Waals surface area contributed by atoms with Gasteiger partial charge in [-0.3, -0.25) is 4.57 Å². The molecule has 35 heavy (non-hydrogen) atoms. The van der Waals surface area contributed by atoms with Crippen molar-refractivity contribution in [2.75, 3.05) is 18.9 Å². The van der Waals surface area contributed by atoms with E-state index >= 15 is 0 Å². The molecule has 0 radical (unpaired) electrons. The summed E-state index contributed by atoms with van der Waals surface area (Å²) in [5, 5.41) is 29.7. The second-order valence-corrected chi connectivity index (χ2v) is 7.97. The van der Waals surface area contributed by atoms with Gasteiger partial charge in [0.2, 0.25) is 5.82 Å². The summed E-state index contributed by atoms with van der Waals surface area (Å²) in [6, 6.07) is 17.8. The lowest BCUT2D eigenvalue weighted by Gasteiger charge is -2.16. The fourth-order valence-corrected chi connectivity index (χ4v) is 3.90. The third-order valence-corrected chi connectivity index (χ3v) is 5.71. The van der Waals surface area contributed by atoms with Gasteiger partial charge in [-0.15, -0.1) is 0 Å². The van der Waals surface area contributed by atoms with Crippen molar-refractivity contribution < 1.29 is 24.8 Å². The summed E-state index contributed by atoms with van der Waals surface area (Å²) in [4.78, 5) is 12.7. The SMILES string of the molecule is Nc1nc(C#CCOc2ccc(-c3ccccc3)cc2)nc2c1ncn2[C@@H]1O[C@H](CO)[C@@H](O)[C@H]1O. The Morgan fingerprint density at radius 2 is 1.74 bits per heavy atom. The molecular formula is C25H23N5O5. The molecule has 5 rings (SSSR count). The summed E-state index contributed by atoms with van der Waals surface area (Å²) in [6.45, 7) is -0.329. The van der Waals surface area contributed by atoms with Gasteiger partial charge in [0.05, 0.1) is 12.9 Å². The Balaban J connectivity index is 1.30. The van der Waals surface area contributed by atoms with Crippen LogP contribution in [0.4, 0.5) is 5.82 Å². The monoisotopic (exact) mass is 473 g/mol. The molecule has 4 aromatic rings. The molecule has 3 heterocycles. The average molecular weight is 473 g/mol. The van der Waals surface area contributed by atoms with Crippen LogP contribution in [0, 0.1) is 11.8 Å². The van der Waals surface area contributed by atoms with Crippen molar-refractivity contribution in [2.45, 2.75) is 24.5 Å². The highest BCUT2D eigenvalue weighted by Crippen LogP contribution is 2.32. The number of nitrogen functional groups attached to an aromatic ring is 1. The maximum Gasteiger partial charge on any atom is 0.209 e. The zero-order valence-electron chi connectivity index (χ0n) is 18.5. The van der Waals surface area contributed by atoms with E-state index in [0.29, 0.717) is 11.3 Å². The van der Waals surface area contributed by atoms with Crippen LogP contribution in [0.15, 0.2) is 60.9 Å². The van der Waals surface area contributed by atoms with Crippen LogP contribution in [0.2, 0.25) is 0 Å². The Hall–Kier alpha value is -4.01. The minimum absolute atomic E-state index is 0.111. The molecule has 0 unspecified atom stereocenters. The molecule has 1 saturated heterocycles. The van der Waals surface area contributed by atoms with E-state index in [9.17, 15) is 15.3 Å². The summed E-state index contributed by atoms with van der Waals surface area (Å²) in [5.74, 6) is 6.62. The summed E-state index contributed by atoms with van der Waals surface area (Å²) in [6.07, 6.45) is -3.07. The number of imidazole rings is 1. The van der Waals surface area contributed by atoms with Crippen LogP contribution < -0.4 is 10.5 Å². The Labute approximate surface area is 200 Å². The first-order valence-corrected chi connectivity index (χ1v) is 10.9. The average Bonchev–Trinajstić information content (AvgIpc) is 3.43. The summed E-state index contributed by atoms with van der Waals surface area (Å²) in [7, 11) is 0. The van der Waals surface area contributed by atoms with Gasteiger partial charge in [-0.2, -0.15) is 0 Å². The number of anilines is 1. The van der Waals surface area contributed by atoms with Crippen LogP contribution in [0.25, 0.3) is 22.3 Å². The summed E-state index contributed by atoms with van der Waals surface area (Å²) < 4.78 is 12.7. The molecule has 1 aliphatic heterocycles. The Morgan fingerprint density at radius 3 is 2.46 bits per heavy atom. The minimum atomic E-state index is -1.28. The van der Waals surface area contributed by atoms with E-state index in [1.165, 1.54) is 10.9 Å². The predicted octanol–water partition coefficient (Wildman–Crippen LogP) is 1.12. The zero-order valence-corrected chi connectivity index (χ0v) is 18.5. The van der Waals surface area contributed by atoms with E-state index in [1.54, 1.807) is 0 Å². The Morgan fingerprint density at radius 1 is 1.00 bits per heavy atom. The van der Waals surface area contributed by atoms with E-state index in [1.807, 2.05) is 54.6 Å². The number of ether oxygens (including phenoxy) is 2. The Bertz CT molecular complexity index is 1380. The highest BCUT2D eigenvalue weighted by molar-refractivity contribution is 5.82. The fraction of sp³-hybridized carbons (Fsp3) is 0.240. The van der Waals surface area contributed by atoms with Gasteiger partial charge in [-0.25, -0.2) is 15.0 Å². The van der Waals surface area contributed by atoms with Gasteiger partial charge < -0.3 is 30.5 Å². The van der Waals surface area contributed by atoms with E-state index in [4.69, 9.17) is 15.2 Å². The second-order valence-electron chi connectivity index (χ2n) is 7.97. The van der Waals surface area contributed by atoms with Crippen molar-refractivity contribution in [3.05, 3.63) is 66.7 Å². The fourth-order valence-electron chi connectivity index (χ4n) is 3.90. The maximum absolute atomic E-state index is 10.3. The van der Waals surface area contributed by atoms with Crippen LogP contribution in [0.3, 0.4) is 0 Å². The van der Waals surface area contributed by atoms with Crippen molar-refractivity contribution in [1.29, 1.82) is 0 Å². The number of rotatable bonds is 5. The van der Waals surface area contributed by atoms with Gasteiger partial charge in [0.15, 0.2) is 17.7 Å². The number of aliphatic hydroxyl groups excluding tert-OH is 3. The molecule has 0 amide bonds. The third-order valence-electron chi connectivity index (χ3n) is 5.71. The van der Waals surface area contributed by atoms with E-state index in [-0.39, 0.29) is 23.9 Å². The highest BCUT2D eigenvalue weighted by atomic mass is 16.6. The normalized spacial score (nSPS) is 21.6. The zero-order chi connectivity index (χ0) is 24.4. The number of nitrogens with two attached hydrogens (primary N) is 1. The van der Waals surface area contributed by atoms with Crippen LogP contribution in [0.5, 0.6) is 5.75 Å². The lowest BCUT2D eigenvalue weighted by atomic mass is 10.1. The molecule has 4 atom stereocenters. The number of fused-ring (bicyclic) bond motifs is 1. The predicted molar refractivity (Wildman–Crippen MR) is 127 cm³/mol. The van der Waals surface area contributed by atoms with Gasteiger partial charge in [0.1, 0.15) is 36.2 Å². The van der Waals surface area contributed by atoms with Crippen LogP contribution in [-0.4, -0.2) is 66.4 Å². The maximum atomic E-state index is 10.3. The first kappa shape index (κ1) is 22.8. The lowest BCUT2D eigenvalue weighted by Crippen LogP contribution is -2.33. The number of aliphatic hydroxyl groups is 3. The largest absolute Gasteiger partial charge is 0.481 e. The molecule has 5 N–H and O–H groups in total. The molecule has 0 bridgehead atoms. The van der Waals surface area contributed by atoms with Gasteiger partial charge in [-0.1, -0.05) is 48.4 Å². The van der Waals surface area contributed by atoms with Crippen molar-refractivity contribution in [3.63, 3.8) is 0 Å². The number of aromatic nitrogens is 4. The topological polar surface area (TPSA) is 149 Å². The molecule has 2 aromatic heterocycles. The smallest absolute Gasteiger partial charge is 0.209 e. The third kappa shape index (κ3) is 4.53. The van der Waals surface area contributed by atoms with Crippen molar-refractivity contribution in [1.82, 2.24) is 19.5 Å². The molecule has 178 valence electrons. The minimum Gasteiger partial charge on any atom is -0.481 e. The van der Waals surface area contributed by atoms with Crippen molar-refractivity contribution in [2.24, 2.45) is 0 Å². The van der Waals surface area contributed by atoms with Gasteiger partial charge in [-0.05, 0) is 29.2 Å². The van der Waals surface area contributed by atoms with Crippen LogP contribution in [0.1, 0.15) is 12.1 Å². The summed E-state index contributed by atoms with van der Waals surface area (Å²) >= 11 is 0. The summed E-state index contributed by atoms with van der Waals surface area (Å²) in [5.41, 5.74) is 8.83. The molecule has 1 fully saturated rings. The molecule has 10 nitrogen and oxygen atoms in total. The highest BCUT2D eigenvalue weighted by Gasteiger charge is 2.44. The molecule has 0 saturated carbocycles. The molecule has 1 aliphatic rings.